The number of benzene rings is 1. The van der Waals surface area contributed by atoms with Crippen molar-refractivity contribution < 1.29 is 4.79 Å². The van der Waals surface area contributed by atoms with Gasteiger partial charge < -0.3 is 16.4 Å². The summed E-state index contributed by atoms with van der Waals surface area (Å²) in [4.78, 5) is 15.8. The molecule has 2 rings (SSSR count). The summed E-state index contributed by atoms with van der Waals surface area (Å²) in [6.45, 7) is 3.33. The van der Waals surface area contributed by atoms with E-state index in [-0.39, 0.29) is 5.91 Å². The van der Waals surface area contributed by atoms with E-state index in [1.807, 2.05) is 6.07 Å². The highest BCUT2D eigenvalue weighted by Crippen LogP contribution is 2.12. The van der Waals surface area contributed by atoms with Crippen molar-refractivity contribution in [3.63, 3.8) is 0 Å². The minimum atomic E-state index is -0.0571. The van der Waals surface area contributed by atoms with Crippen LogP contribution in [0.25, 0.3) is 0 Å². The molecule has 0 unspecified atom stereocenters. The number of anilines is 2. The number of carbonyl (C=O) groups is 1. The molecule has 0 atom stereocenters. The molecule has 0 saturated heterocycles. The molecule has 2 aromatic rings. The van der Waals surface area contributed by atoms with Gasteiger partial charge in [0.2, 0.25) is 5.91 Å². The summed E-state index contributed by atoms with van der Waals surface area (Å²) < 4.78 is 0. The van der Waals surface area contributed by atoms with Gasteiger partial charge in [0.05, 0.1) is 11.9 Å². The number of aromatic nitrogens is 1. The number of nitrogens with zero attached hydrogens (tertiary/aromatic N) is 1. The second-order valence-electron chi connectivity index (χ2n) is 5.21. The van der Waals surface area contributed by atoms with Crippen molar-refractivity contribution in [1.29, 1.82) is 0 Å². The fourth-order valence-electron chi connectivity index (χ4n) is 1.95. The summed E-state index contributed by atoms with van der Waals surface area (Å²) in [7, 11) is 0. The third-order valence-corrected chi connectivity index (χ3v) is 3.26. The number of aryl methyl sites for hydroxylation is 1. The quantitative estimate of drug-likeness (QED) is 0.734. The number of nitrogens with one attached hydrogen (secondary N) is 2. The van der Waals surface area contributed by atoms with Crippen LogP contribution in [0.5, 0.6) is 0 Å². The van der Waals surface area contributed by atoms with Gasteiger partial charge in [0.15, 0.2) is 0 Å². The highest BCUT2D eigenvalue weighted by Gasteiger charge is 2.02. The van der Waals surface area contributed by atoms with Gasteiger partial charge >= 0.3 is 0 Å². The van der Waals surface area contributed by atoms with Crippen LogP contribution in [-0.4, -0.2) is 17.4 Å². The Morgan fingerprint density at radius 3 is 2.59 bits per heavy atom. The first-order valence-electron chi connectivity index (χ1n) is 7.43. The van der Waals surface area contributed by atoms with Crippen molar-refractivity contribution in [2.24, 2.45) is 5.73 Å². The maximum atomic E-state index is 11.6. The van der Waals surface area contributed by atoms with E-state index in [0.717, 1.165) is 12.2 Å². The summed E-state index contributed by atoms with van der Waals surface area (Å²) in [5.41, 5.74) is 8.76. The molecule has 5 heteroatoms. The van der Waals surface area contributed by atoms with Gasteiger partial charge in [0.25, 0.3) is 0 Å². The van der Waals surface area contributed by atoms with Crippen LogP contribution in [0, 0.1) is 6.92 Å². The van der Waals surface area contributed by atoms with Crippen molar-refractivity contribution in [1.82, 2.24) is 4.98 Å². The Morgan fingerprint density at radius 1 is 1.18 bits per heavy atom. The molecule has 0 spiro atoms. The maximum Gasteiger partial charge on any atom is 0.225 e. The van der Waals surface area contributed by atoms with E-state index in [2.05, 4.69) is 46.8 Å². The van der Waals surface area contributed by atoms with Gasteiger partial charge in [-0.1, -0.05) is 29.8 Å². The third-order valence-electron chi connectivity index (χ3n) is 3.26. The van der Waals surface area contributed by atoms with Crippen molar-refractivity contribution in [3.05, 3.63) is 53.7 Å². The molecule has 0 aliphatic rings. The van der Waals surface area contributed by atoms with E-state index in [9.17, 15) is 4.79 Å². The molecular formula is C17H22N4O. The highest BCUT2D eigenvalue weighted by atomic mass is 16.1. The maximum absolute atomic E-state index is 11.6. The molecule has 22 heavy (non-hydrogen) atoms. The van der Waals surface area contributed by atoms with Gasteiger partial charge in [-0.3, -0.25) is 4.79 Å². The Balaban J connectivity index is 1.83. The molecule has 4 N–H and O–H groups in total. The molecule has 1 aromatic heterocycles. The fourth-order valence-corrected chi connectivity index (χ4v) is 1.95. The largest absolute Gasteiger partial charge is 0.380 e. The molecule has 116 valence electrons. The fraction of sp³-hybridized carbons (Fsp3) is 0.294. The lowest BCUT2D eigenvalue weighted by atomic mass is 10.1. The van der Waals surface area contributed by atoms with Crippen molar-refractivity contribution in [2.75, 3.05) is 17.2 Å². The van der Waals surface area contributed by atoms with Crippen LogP contribution in [0.2, 0.25) is 0 Å². The first-order chi connectivity index (χ1) is 10.7. The van der Waals surface area contributed by atoms with Crippen LogP contribution in [-0.2, 0) is 11.3 Å². The second-order valence-corrected chi connectivity index (χ2v) is 5.21. The van der Waals surface area contributed by atoms with Gasteiger partial charge in [0, 0.05) is 13.0 Å². The minimum Gasteiger partial charge on any atom is -0.380 e. The van der Waals surface area contributed by atoms with Gasteiger partial charge in [-0.15, -0.1) is 0 Å². The van der Waals surface area contributed by atoms with Gasteiger partial charge in [-0.25, -0.2) is 4.98 Å². The summed E-state index contributed by atoms with van der Waals surface area (Å²) >= 11 is 0. The van der Waals surface area contributed by atoms with Gasteiger partial charge in [0.1, 0.15) is 5.82 Å². The zero-order valence-corrected chi connectivity index (χ0v) is 12.8. The van der Waals surface area contributed by atoms with Crippen molar-refractivity contribution >= 4 is 17.4 Å². The first-order valence-corrected chi connectivity index (χ1v) is 7.43. The molecule has 1 heterocycles. The van der Waals surface area contributed by atoms with Crippen molar-refractivity contribution in [2.45, 2.75) is 26.3 Å². The second kappa shape index (κ2) is 8.14. The predicted molar refractivity (Wildman–Crippen MR) is 89.7 cm³/mol. The van der Waals surface area contributed by atoms with E-state index >= 15 is 0 Å². The summed E-state index contributed by atoms with van der Waals surface area (Å²) in [5.74, 6) is 0.501. The van der Waals surface area contributed by atoms with Crippen molar-refractivity contribution in [3.8, 4) is 0 Å². The monoisotopic (exact) mass is 298 g/mol. The van der Waals surface area contributed by atoms with Crippen LogP contribution < -0.4 is 16.4 Å². The van der Waals surface area contributed by atoms with E-state index in [4.69, 9.17) is 5.73 Å². The number of pyridine rings is 1. The molecule has 0 saturated carbocycles. The SMILES string of the molecule is Cc1ccc(CNc2ccc(NC(=O)CCCN)nc2)cc1. The minimum absolute atomic E-state index is 0.0571. The molecule has 0 aliphatic heterocycles. The molecule has 1 aromatic carbocycles. The van der Waals surface area contributed by atoms with Crippen LogP contribution in [0.3, 0.4) is 0 Å². The average Bonchev–Trinajstić information content (AvgIpc) is 2.54. The number of rotatable bonds is 7. The van der Waals surface area contributed by atoms with E-state index in [0.29, 0.717) is 25.2 Å². The molecule has 0 radical (unpaired) electrons. The standard InChI is InChI=1S/C17H22N4O/c1-13-4-6-14(7-5-13)11-19-15-8-9-16(20-12-15)21-17(22)3-2-10-18/h4-9,12,19H,2-3,10-11,18H2,1H3,(H,20,21,22). The zero-order valence-electron chi connectivity index (χ0n) is 12.8. The Labute approximate surface area is 130 Å². The predicted octanol–water partition coefficient (Wildman–Crippen LogP) is 2.68. The normalized spacial score (nSPS) is 10.3. The molecule has 5 nitrogen and oxygen atoms in total. The molecular weight excluding hydrogens is 276 g/mol. The molecule has 1 amide bonds. The van der Waals surface area contributed by atoms with E-state index in [1.165, 1.54) is 11.1 Å². The number of carbonyl (C=O) groups excluding carboxylic acids is 1. The zero-order chi connectivity index (χ0) is 15.8. The van der Waals surface area contributed by atoms with E-state index in [1.54, 1.807) is 12.3 Å². The first kappa shape index (κ1) is 16.0. The lowest BCUT2D eigenvalue weighted by Crippen LogP contribution is -2.14. The van der Waals surface area contributed by atoms with Gasteiger partial charge in [-0.05, 0) is 37.6 Å². The van der Waals surface area contributed by atoms with E-state index < -0.39 is 0 Å². The molecule has 0 aliphatic carbocycles. The summed E-state index contributed by atoms with van der Waals surface area (Å²) in [6.07, 6.45) is 2.82. The third kappa shape index (κ3) is 5.18. The van der Waals surface area contributed by atoms with Crippen LogP contribution in [0.4, 0.5) is 11.5 Å². The smallest absolute Gasteiger partial charge is 0.225 e. The lowest BCUT2D eigenvalue weighted by Gasteiger charge is -2.08. The Morgan fingerprint density at radius 2 is 1.95 bits per heavy atom. The van der Waals surface area contributed by atoms with Gasteiger partial charge in [-0.2, -0.15) is 0 Å². The Hall–Kier alpha value is -2.40. The summed E-state index contributed by atoms with van der Waals surface area (Å²) in [6, 6.07) is 12.1. The summed E-state index contributed by atoms with van der Waals surface area (Å²) in [5, 5.41) is 6.05. The van der Waals surface area contributed by atoms with Crippen LogP contribution in [0.15, 0.2) is 42.6 Å². The van der Waals surface area contributed by atoms with Crippen LogP contribution in [0.1, 0.15) is 24.0 Å². The number of amides is 1. The highest BCUT2D eigenvalue weighted by molar-refractivity contribution is 5.89. The Kier molecular flexibility index (Phi) is 5.91. The topological polar surface area (TPSA) is 80.0 Å². The number of hydrogen-bond donors (Lipinski definition) is 3. The number of hydrogen-bond acceptors (Lipinski definition) is 4. The number of nitrogens with two attached hydrogens (primary N) is 1. The molecule has 0 fully saturated rings. The molecule has 0 bridgehead atoms. The Bertz CT molecular complexity index is 593. The van der Waals surface area contributed by atoms with Crippen LogP contribution >= 0.6 is 0 Å². The lowest BCUT2D eigenvalue weighted by molar-refractivity contribution is -0.116. The average molecular weight is 298 g/mol.